The fraction of sp³-hybridized carbons (Fsp3) is 0.214. The first-order valence-corrected chi connectivity index (χ1v) is 6.23. The van der Waals surface area contributed by atoms with Gasteiger partial charge in [-0.25, -0.2) is 9.37 Å². The molecular formula is C14H11F4N3O. The van der Waals surface area contributed by atoms with Crippen molar-refractivity contribution in [2.24, 2.45) is 0 Å². The van der Waals surface area contributed by atoms with Gasteiger partial charge in [-0.1, -0.05) is 6.07 Å². The van der Waals surface area contributed by atoms with E-state index in [1.165, 1.54) is 30.5 Å². The zero-order chi connectivity index (χ0) is 16.2. The zero-order valence-corrected chi connectivity index (χ0v) is 11.2. The Hall–Kier alpha value is -2.51. The second-order valence-corrected chi connectivity index (χ2v) is 4.33. The van der Waals surface area contributed by atoms with Crippen LogP contribution in [0.15, 0.2) is 36.5 Å². The Labute approximate surface area is 123 Å². The third-order valence-electron chi connectivity index (χ3n) is 2.79. The maximum atomic E-state index is 12.7. The molecule has 0 aliphatic carbocycles. The number of amides is 1. The van der Waals surface area contributed by atoms with Gasteiger partial charge in [0.05, 0.1) is 23.5 Å². The number of aromatic nitrogens is 2. The molecule has 2 aromatic rings. The van der Waals surface area contributed by atoms with Gasteiger partial charge in [-0.3, -0.25) is 9.78 Å². The number of nitrogens with zero attached hydrogens (tertiary/aromatic N) is 2. The molecule has 0 atom stereocenters. The lowest BCUT2D eigenvalue weighted by atomic mass is 10.2. The first-order chi connectivity index (χ1) is 10.4. The molecule has 0 spiro atoms. The van der Waals surface area contributed by atoms with Crippen molar-refractivity contribution in [1.82, 2.24) is 15.3 Å². The van der Waals surface area contributed by atoms with E-state index in [1.54, 1.807) is 0 Å². The van der Waals surface area contributed by atoms with Crippen LogP contribution in [0.2, 0.25) is 0 Å². The molecule has 0 bridgehead atoms. The molecule has 0 aromatic carbocycles. The molecule has 0 saturated heterocycles. The van der Waals surface area contributed by atoms with Crippen LogP contribution >= 0.6 is 0 Å². The Kier molecular flexibility index (Phi) is 4.69. The summed E-state index contributed by atoms with van der Waals surface area (Å²) in [7, 11) is 0. The summed E-state index contributed by atoms with van der Waals surface area (Å²) in [4.78, 5) is 19.1. The number of carbonyl (C=O) groups excluding carboxylic acids is 1. The summed E-state index contributed by atoms with van der Waals surface area (Å²) in [6.07, 6.45) is -3.20. The number of hydrogen-bond acceptors (Lipinski definition) is 3. The van der Waals surface area contributed by atoms with Gasteiger partial charge in [-0.2, -0.15) is 13.2 Å². The van der Waals surface area contributed by atoms with Crippen LogP contribution in [0.5, 0.6) is 0 Å². The van der Waals surface area contributed by atoms with Crippen LogP contribution in [-0.4, -0.2) is 15.9 Å². The molecule has 0 unspecified atom stereocenters. The van der Waals surface area contributed by atoms with Crippen LogP contribution < -0.4 is 5.32 Å². The average Bonchev–Trinajstić information content (AvgIpc) is 2.52. The smallest absolute Gasteiger partial charge is 0.346 e. The van der Waals surface area contributed by atoms with Crippen LogP contribution in [-0.2, 0) is 19.4 Å². The highest BCUT2D eigenvalue weighted by Gasteiger charge is 2.32. The predicted octanol–water partition coefficient (Wildman–Crippen LogP) is 2.89. The van der Waals surface area contributed by atoms with Crippen molar-refractivity contribution < 1.29 is 22.4 Å². The summed E-state index contributed by atoms with van der Waals surface area (Å²) < 4.78 is 50.3. The summed E-state index contributed by atoms with van der Waals surface area (Å²) >= 11 is 0. The number of pyridine rings is 2. The van der Waals surface area contributed by atoms with Crippen LogP contribution in [0.4, 0.5) is 17.6 Å². The van der Waals surface area contributed by atoms with Crippen molar-refractivity contribution in [1.29, 1.82) is 0 Å². The molecule has 2 heterocycles. The van der Waals surface area contributed by atoms with Gasteiger partial charge in [0.25, 0.3) is 5.91 Å². The number of nitrogens with one attached hydrogen (secondary N) is 1. The molecule has 2 rings (SSSR count). The van der Waals surface area contributed by atoms with Gasteiger partial charge in [0.2, 0.25) is 0 Å². The first kappa shape index (κ1) is 15.9. The predicted molar refractivity (Wildman–Crippen MR) is 69.5 cm³/mol. The lowest BCUT2D eigenvalue weighted by Gasteiger charge is -2.09. The maximum absolute atomic E-state index is 12.7. The first-order valence-electron chi connectivity index (χ1n) is 6.23. The number of hydrogen-bond donors (Lipinski definition) is 1. The van der Waals surface area contributed by atoms with Crippen molar-refractivity contribution in [3.8, 4) is 0 Å². The number of carbonyl (C=O) groups is 1. The van der Waals surface area contributed by atoms with Gasteiger partial charge in [0.1, 0.15) is 12.4 Å². The third-order valence-corrected chi connectivity index (χ3v) is 2.79. The Bertz CT molecular complexity index is 673. The second-order valence-electron chi connectivity index (χ2n) is 4.33. The fourth-order valence-electron chi connectivity index (χ4n) is 1.75. The Morgan fingerprint density at radius 2 is 1.95 bits per heavy atom. The molecule has 4 nitrogen and oxygen atoms in total. The van der Waals surface area contributed by atoms with Crippen LogP contribution in [0, 0.1) is 0 Å². The van der Waals surface area contributed by atoms with Gasteiger partial charge in [-0.05, 0) is 24.3 Å². The minimum Gasteiger partial charge on any atom is -0.346 e. The SMILES string of the molecule is O=C(NCc1cccc(C(F)(F)F)n1)c1cccnc1CF. The van der Waals surface area contributed by atoms with E-state index in [4.69, 9.17) is 0 Å². The zero-order valence-electron chi connectivity index (χ0n) is 11.2. The standard InChI is InChI=1S/C14H11F4N3O/c15-7-11-10(4-2-6-19-11)13(22)20-8-9-3-1-5-12(21-9)14(16,17)18/h1-6H,7-8H2,(H,20,22). The van der Waals surface area contributed by atoms with Gasteiger partial charge >= 0.3 is 6.18 Å². The van der Waals surface area contributed by atoms with Crippen LogP contribution in [0.3, 0.4) is 0 Å². The van der Waals surface area contributed by atoms with E-state index < -0.39 is 24.5 Å². The number of alkyl halides is 4. The average molecular weight is 313 g/mol. The molecular weight excluding hydrogens is 302 g/mol. The molecule has 1 N–H and O–H groups in total. The van der Waals surface area contributed by atoms with E-state index in [9.17, 15) is 22.4 Å². The summed E-state index contributed by atoms with van der Waals surface area (Å²) in [6.45, 7) is -1.12. The Morgan fingerprint density at radius 3 is 2.64 bits per heavy atom. The summed E-state index contributed by atoms with van der Waals surface area (Å²) in [5, 5.41) is 2.39. The minimum atomic E-state index is -4.55. The summed E-state index contributed by atoms with van der Waals surface area (Å²) in [5.41, 5.74) is -0.979. The largest absolute Gasteiger partial charge is 0.433 e. The van der Waals surface area contributed by atoms with Crippen LogP contribution in [0.1, 0.15) is 27.4 Å². The molecule has 22 heavy (non-hydrogen) atoms. The van der Waals surface area contributed by atoms with E-state index in [2.05, 4.69) is 15.3 Å². The van der Waals surface area contributed by atoms with E-state index >= 15 is 0 Å². The van der Waals surface area contributed by atoms with Gasteiger partial charge in [-0.15, -0.1) is 0 Å². The number of halogens is 4. The maximum Gasteiger partial charge on any atom is 0.433 e. The summed E-state index contributed by atoms with van der Waals surface area (Å²) in [6, 6.07) is 6.25. The van der Waals surface area contributed by atoms with E-state index in [0.29, 0.717) is 0 Å². The topological polar surface area (TPSA) is 54.9 Å². The highest BCUT2D eigenvalue weighted by Crippen LogP contribution is 2.27. The van der Waals surface area contributed by atoms with Gasteiger partial charge in [0, 0.05) is 6.20 Å². The molecule has 2 aromatic heterocycles. The molecule has 0 saturated carbocycles. The second kappa shape index (κ2) is 6.50. The minimum absolute atomic E-state index is 0.0306. The van der Waals surface area contributed by atoms with Gasteiger partial charge in [0.15, 0.2) is 0 Å². The molecule has 0 fully saturated rings. The van der Waals surface area contributed by atoms with Crippen molar-refractivity contribution in [2.45, 2.75) is 19.4 Å². The molecule has 8 heteroatoms. The highest BCUT2D eigenvalue weighted by atomic mass is 19.4. The lowest BCUT2D eigenvalue weighted by molar-refractivity contribution is -0.141. The normalized spacial score (nSPS) is 11.3. The van der Waals surface area contributed by atoms with Gasteiger partial charge < -0.3 is 5.32 Å². The van der Waals surface area contributed by atoms with E-state index in [0.717, 1.165) is 6.07 Å². The molecule has 0 aliphatic rings. The summed E-state index contributed by atoms with van der Waals surface area (Å²) in [5.74, 6) is -0.625. The van der Waals surface area contributed by atoms with E-state index in [-0.39, 0.29) is 23.5 Å². The molecule has 116 valence electrons. The molecule has 0 radical (unpaired) electrons. The van der Waals surface area contributed by atoms with Crippen molar-refractivity contribution in [3.05, 3.63) is 59.2 Å². The highest BCUT2D eigenvalue weighted by molar-refractivity contribution is 5.95. The van der Waals surface area contributed by atoms with Crippen LogP contribution in [0.25, 0.3) is 0 Å². The Morgan fingerprint density at radius 1 is 1.18 bits per heavy atom. The molecule has 0 aliphatic heterocycles. The third kappa shape index (κ3) is 3.78. The van der Waals surface area contributed by atoms with Crippen molar-refractivity contribution in [2.75, 3.05) is 0 Å². The van der Waals surface area contributed by atoms with E-state index in [1.807, 2.05) is 0 Å². The number of rotatable bonds is 4. The van der Waals surface area contributed by atoms with Crippen molar-refractivity contribution >= 4 is 5.91 Å². The van der Waals surface area contributed by atoms with Crippen molar-refractivity contribution in [3.63, 3.8) is 0 Å². The lowest BCUT2D eigenvalue weighted by Crippen LogP contribution is -2.25. The Balaban J connectivity index is 2.08. The molecule has 1 amide bonds. The fourth-order valence-corrected chi connectivity index (χ4v) is 1.75. The monoisotopic (exact) mass is 313 g/mol. The quantitative estimate of drug-likeness (QED) is 0.883.